The smallest absolute Gasteiger partial charge is 0.360 e. The molecule has 0 radical (unpaired) electrons. The molecule has 0 unspecified atom stereocenters. The van der Waals surface area contributed by atoms with Crippen molar-refractivity contribution in [3.05, 3.63) is 30.0 Å². The van der Waals surface area contributed by atoms with Crippen LogP contribution in [0.1, 0.15) is 23.8 Å². The molecule has 0 atom stereocenters. The Morgan fingerprint density at radius 3 is 2.75 bits per heavy atom. The van der Waals surface area contributed by atoms with E-state index in [1.165, 1.54) is 0 Å². The first-order valence-corrected chi connectivity index (χ1v) is 6.43. The average Bonchev–Trinajstić information content (AvgIpc) is 2.46. The van der Waals surface area contributed by atoms with Crippen LogP contribution in [0.3, 0.4) is 0 Å². The minimum atomic E-state index is -1.16. The summed E-state index contributed by atoms with van der Waals surface area (Å²) in [5.74, 6) is -0.920. The van der Waals surface area contributed by atoms with E-state index in [0.717, 1.165) is 6.42 Å². The molecule has 20 heavy (non-hydrogen) atoms. The van der Waals surface area contributed by atoms with Crippen molar-refractivity contribution in [3.63, 3.8) is 0 Å². The van der Waals surface area contributed by atoms with Gasteiger partial charge in [0.25, 0.3) is 0 Å². The van der Waals surface area contributed by atoms with Crippen molar-refractivity contribution in [2.24, 2.45) is 0 Å². The SMILES string of the molecule is CCCOCCOc1c(C(=O)O)nnc2ccccc12. The monoisotopic (exact) mass is 276 g/mol. The highest BCUT2D eigenvalue weighted by Gasteiger charge is 2.17. The molecule has 0 aliphatic heterocycles. The van der Waals surface area contributed by atoms with Crippen molar-refractivity contribution in [1.82, 2.24) is 10.2 Å². The third-order valence-corrected chi connectivity index (χ3v) is 2.65. The number of carboxylic acids is 1. The second-order valence-electron chi connectivity index (χ2n) is 4.16. The first-order valence-electron chi connectivity index (χ1n) is 6.43. The summed E-state index contributed by atoms with van der Waals surface area (Å²) >= 11 is 0. The molecular formula is C14H16N2O4. The average molecular weight is 276 g/mol. The molecule has 0 saturated heterocycles. The lowest BCUT2D eigenvalue weighted by Gasteiger charge is -2.10. The van der Waals surface area contributed by atoms with Crippen LogP contribution < -0.4 is 4.74 Å². The molecule has 2 aromatic rings. The van der Waals surface area contributed by atoms with Crippen molar-refractivity contribution in [2.45, 2.75) is 13.3 Å². The van der Waals surface area contributed by atoms with E-state index in [0.29, 0.717) is 24.1 Å². The molecular weight excluding hydrogens is 260 g/mol. The number of hydrogen-bond donors (Lipinski definition) is 1. The second kappa shape index (κ2) is 6.81. The molecule has 0 bridgehead atoms. The Kier molecular flexibility index (Phi) is 4.84. The number of benzene rings is 1. The zero-order chi connectivity index (χ0) is 14.4. The van der Waals surface area contributed by atoms with Crippen LogP contribution in [-0.4, -0.2) is 41.1 Å². The molecule has 6 heteroatoms. The van der Waals surface area contributed by atoms with Crippen LogP contribution in [-0.2, 0) is 4.74 Å². The van der Waals surface area contributed by atoms with E-state index in [1.54, 1.807) is 18.2 Å². The van der Waals surface area contributed by atoms with Gasteiger partial charge in [0.1, 0.15) is 6.61 Å². The van der Waals surface area contributed by atoms with E-state index < -0.39 is 5.97 Å². The summed E-state index contributed by atoms with van der Waals surface area (Å²) in [5.41, 5.74) is 0.418. The highest BCUT2D eigenvalue weighted by Crippen LogP contribution is 2.26. The van der Waals surface area contributed by atoms with E-state index >= 15 is 0 Å². The molecule has 0 saturated carbocycles. The van der Waals surface area contributed by atoms with Gasteiger partial charge in [-0.15, -0.1) is 10.2 Å². The number of carbonyl (C=O) groups is 1. The molecule has 1 aromatic heterocycles. The quantitative estimate of drug-likeness (QED) is 0.780. The van der Waals surface area contributed by atoms with Gasteiger partial charge >= 0.3 is 5.97 Å². The third-order valence-electron chi connectivity index (χ3n) is 2.65. The topological polar surface area (TPSA) is 81.5 Å². The number of hydrogen-bond acceptors (Lipinski definition) is 5. The highest BCUT2D eigenvalue weighted by atomic mass is 16.5. The van der Waals surface area contributed by atoms with Crippen LogP contribution in [0.15, 0.2) is 24.3 Å². The van der Waals surface area contributed by atoms with Gasteiger partial charge in [0.15, 0.2) is 5.75 Å². The predicted octanol–water partition coefficient (Wildman–Crippen LogP) is 2.13. The summed E-state index contributed by atoms with van der Waals surface area (Å²) in [6, 6.07) is 7.13. The maximum atomic E-state index is 11.2. The van der Waals surface area contributed by atoms with Crippen molar-refractivity contribution in [2.75, 3.05) is 19.8 Å². The fourth-order valence-electron chi connectivity index (χ4n) is 1.76. The van der Waals surface area contributed by atoms with Crippen molar-refractivity contribution < 1.29 is 19.4 Å². The summed E-state index contributed by atoms with van der Waals surface area (Å²) in [6.07, 6.45) is 0.931. The highest BCUT2D eigenvalue weighted by molar-refractivity contribution is 5.96. The number of carboxylic acid groups (broad SMARTS) is 1. The van der Waals surface area contributed by atoms with E-state index in [2.05, 4.69) is 10.2 Å². The summed E-state index contributed by atoms with van der Waals surface area (Å²) in [4.78, 5) is 11.2. The Morgan fingerprint density at radius 1 is 1.20 bits per heavy atom. The number of rotatable bonds is 7. The third kappa shape index (κ3) is 3.21. The molecule has 0 aliphatic rings. The van der Waals surface area contributed by atoms with Crippen molar-refractivity contribution in [1.29, 1.82) is 0 Å². The largest absolute Gasteiger partial charge is 0.488 e. The van der Waals surface area contributed by atoms with Gasteiger partial charge in [-0.1, -0.05) is 19.1 Å². The molecule has 0 amide bonds. The number of fused-ring (bicyclic) bond motifs is 1. The van der Waals surface area contributed by atoms with Gasteiger partial charge < -0.3 is 14.6 Å². The first-order chi connectivity index (χ1) is 9.74. The van der Waals surface area contributed by atoms with Crippen LogP contribution in [0, 0.1) is 0 Å². The van der Waals surface area contributed by atoms with Gasteiger partial charge in [0.05, 0.1) is 12.1 Å². The van der Waals surface area contributed by atoms with E-state index in [4.69, 9.17) is 14.6 Å². The lowest BCUT2D eigenvalue weighted by Crippen LogP contribution is -2.12. The Morgan fingerprint density at radius 2 is 2.00 bits per heavy atom. The molecule has 6 nitrogen and oxygen atoms in total. The summed E-state index contributed by atoms with van der Waals surface area (Å²) in [5, 5.41) is 17.4. The molecule has 2 rings (SSSR count). The summed E-state index contributed by atoms with van der Waals surface area (Å²) in [7, 11) is 0. The van der Waals surface area contributed by atoms with Crippen LogP contribution in [0.5, 0.6) is 5.75 Å². The maximum absolute atomic E-state index is 11.2. The lowest BCUT2D eigenvalue weighted by molar-refractivity contribution is 0.0677. The predicted molar refractivity (Wildman–Crippen MR) is 73.1 cm³/mol. The number of nitrogens with zero attached hydrogens (tertiary/aromatic N) is 2. The molecule has 1 aromatic carbocycles. The van der Waals surface area contributed by atoms with E-state index in [9.17, 15) is 4.79 Å². The normalized spacial score (nSPS) is 10.7. The van der Waals surface area contributed by atoms with Gasteiger partial charge in [0, 0.05) is 12.0 Å². The van der Waals surface area contributed by atoms with Gasteiger partial charge in [0.2, 0.25) is 5.69 Å². The minimum absolute atomic E-state index is 0.181. The van der Waals surface area contributed by atoms with E-state index in [-0.39, 0.29) is 18.1 Å². The summed E-state index contributed by atoms with van der Waals surface area (Å²) in [6.45, 7) is 3.35. The molecule has 0 fully saturated rings. The van der Waals surface area contributed by atoms with Gasteiger partial charge in [-0.2, -0.15) is 0 Å². The van der Waals surface area contributed by atoms with Gasteiger partial charge in [-0.25, -0.2) is 4.79 Å². The van der Waals surface area contributed by atoms with Gasteiger partial charge in [-0.3, -0.25) is 0 Å². The summed E-state index contributed by atoms with van der Waals surface area (Å²) < 4.78 is 10.9. The Balaban J connectivity index is 2.23. The standard InChI is InChI=1S/C14H16N2O4/c1-2-7-19-8-9-20-13-10-5-3-4-6-11(10)15-16-12(13)14(17)18/h3-6H,2,7-9H2,1H3,(H,17,18). The zero-order valence-corrected chi connectivity index (χ0v) is 11.2. The van der Waals surface area contributed by atoms with Crippen molar-refractivity contribution >= 4 is 16.9 Å². The molecule has 0 aliphatic carbocycles. The molecule has 106 valence electrons. The van der Waals surface area contributed by atoms with Crippen LogP contribution in [0.2, 0.25) is 0 Å². The fraction of sp³-hybridized carbons (Fsp3) is 0.357. The van der Waals surface area contributed by atoms with Crippen LogP contribution in [0.25, 0.3) is 10.9 Å². The van der Waals surface area contributed by atoms with Gasteiger partial charge in [-0.05, 0) is 18.6 Å². The molecule has 1 N–H and O–H groups in total. The maximum Gasteiger partial charge on any atom is 0.360 e. The number of aromatic carboxylic acids is 1. The van der Waals surface area contributed by atoms with Crippen molar-refractivity contribution in [3.8, 4) is 5.75 Å². The first kappa shape index (κ1) is 14.2. The van der Waals surface area contributed by atoms with Crippen LogP contribution >= 0.6 is 0 Å². The van der Waals surface area contributed by atoms with E-state index in [1.807, 2.05) is 13.0 Å². The molecule has 0 spiro atoms. The fourth-order valence-corrected chi connectivity index (χ4v) is 1.76. The zero-order valence-electron chi connectivity index (χ0n) is 11.2. The lowest BCUT2D eigenvalue weighted by atomic mass is 10.2. The Labute approximate surface area is 116 Å². The number of aromatic nitrogens is 2. The Hall–Kier alpha value is -2.21. The van der Waals surface area contributed by atoms with Crippen LogP contribution in [0.4, 0.5) is 0 Å². The minimum Gasteiger partial charge on any atom is -0.488 e. The second-order valence-corrected chi connectivity index (χ2v) is 4.16. The Bertz CT molecular complexity index is 601. The molecule has 1 heterocycles. The number of ether oxygens (including phenoxy) is 2.